The summed E-state index contributed by atoms with van der Waals surface area (Å²) in [6.45, 7) is 2.33. The molecule has 1 aromatic carbocycles. The van der Waals surface area contributed by atoms with Gasteiger partial charge in [0, 0.05) is 33.1 Å². The molecule has 0 radical (unpaired) electrons. The highest BCUT2D eigenvalue weighted by Gasteiger charge is 2.36. The minimum absolute atomic E-state index is 0.0501. The maximum absolute atomic E-state index is 14.0. The van der Waals surface area contributed by atoms with Gasteiger partial charge in [-0.2, -0.15) is 0 Å². The van der Waals surface area contributed by atoms with Crippen molar-refractivity contribution in [3.8, 4) is 0 Å². The van der Waals surface area contributed by atoms with E-state index in [1.807, 2.05) is 18.2 Å². The Hall–Kier alpha value is -2.72. The largest absolute Gasteiger partial charge is 0.368 e. The van der Waals surface area contributed by atoms with Crippen LogP contribution in [0.1, 0.15) is 25.3 Å². The first-order valence-electron chi connectivity index (χ1n) is 10.7. The molecular formula is C21H26FN5O4. The van der Waals surface area contributed by atoms with Crippen molar-refractivity contribution in [1.29, 1.82) is 0 Å². The van der Waals surface area contributed by atoms with Gasteiger partial charge in [0.05, 0.1) is 28.9 Å². The molecule has 166 valence electrons. The number of hydrogen-bond donors (Lipinski definition) is 2. The van der Waals surface area contributed by atoms with E-state index < -0.39 is 18.1 Å². The lowest BCUT2D eigenvalue weighted by molar-refractivity contribution is -0.135. The fourth-order valence-corrected chi connectivity index (χ4v) is 4.82. The Bertz CT molecular complexity index is 1090. The number of amides is 2. The second-order valence-electron chi connectivity index (χ2n) is 8.53. The lowest BCUT2D eigenvalue weighted by Gasteiger charge is -2.43. The number of carbonyl (C=O) groups excluding carboxylic acids is 2. The number of aromatic nitrogens is 2. The Balaban J connectivity index is 1.39. The van der Waals surface area contributed by atoms with Gasteiger partial charge in [0.1, 0.15) is 12.2 Å². The first-order chi connectivity index (χ1) is 14.9. The number of carbonyl (C=O) groups is 2. The summed E-state index contributed by atoms with van der Waals surface area (Å²) < 4.78 is 23.0. The van der Waals surface area contributed by atoms with E-state index in [-0.39, 0.29) is 30.2 Å². The highest BCUT2D eigenvalue weighted by Crippen LogP contribution is 2.33. The summed E-state index contributed by atoms with van der Waals surface area (Å²) in [6, 6.07) is 4.91. The van der Waals surface area contributed by atoms with Crippen molar-refractivity contribution >= 4 is 28.5 Å². The van der Waals surface area contributed by atoms with Crippen LogP contribution in [0, 0.1) is 0 Å². The Labute approximate surface area is 178 Å². The van der Waals surface area contributed by atoms with E-state index >= 15 is 0 Å². The van der Waals surface area contributed by atoms with E-state index in [2.05, 4.69) is 15.5 Å². The van der Waals surface area contributed by atoms with Gasteiger partial charge < -0.3 is 15.0 Å². The molecule has 10 heteroatoms. The number of piperidine rings is 2. The van der Waals surface area contributed by atoms with Gasteiger partial charge in [-0.3, -0.25) is 24.0 Å². The van der Waals surface area contributed by atoms with Gasteiger partial charge in [0.2, 0.25) is 11.8 Å². The summed E-state index contributed by atoms with van der Waals surface area (Å²) >= 11 is 0. The van der Waals surface area contributed by atoms with Crippen molar-refractivity contribution in [2.24, 2.45) is 7.05 Å². The predicted octanol–water partition coefficient (Wildman–Crippen LogP) is 0.223. The van der Waals surface area contributed by atoms with Gasteiger partial charge in [0.25, 0.3) is 0 Å². The van der Waals surface area contributed by atoms with E-state index in [1.54, 1.807) is 11.6 Å². The summed E-state index contributed by atoms with van der Waals surface area (Å²) in [4.78, 5) is 39.0. The van der Waals surface area contributed by atoms with Crippen LogP contribution in [0.4, 0.5) is 10.1 Å². The quantitative estimate of drug-likeness (QED) is 0.673. The Kier molecular flexibility index (Phi) is 5.05. The lowest BCUT2D eigenvalue weighted by atomic mass is 10.0. The number of aryl methyl sites for hydroxylation is 1. The molecule has 9 nitrogen and oxygen atoms in total. The number of imidazole rings is 1. The van der Waals surface area contributed by atoms with Crippen LogP contribution in [0.3, 0.4) is 0 Å². The van der Waals surface area contributed by atoms with Gasteiger partial charge in [-0.1, -0.05) is 6.07 Å². The minimum atomic E-state index is -0.991. The second-order valence-corrected chi connectivity index (χ2v) is 8.53. The summed E-state index contributed by atoms with van der Waals surface area (Å²) in [6.07, 6.45) is -0.247. The van der Waals surface area contributed by atoms with Crippen LogP contribution in [-0.4, -0.2) is 65.5 Å². The molecule has 0 spiro atoms. The van der Waals surface area contributed by atoms with Crippen LogP contribution in [0.15, 0.2) is 23.0 Å². The number of para-hydroxylation sites is 1. The standard InChI is InChI=1S/C21H26FN5O4/c1-25-19-14(26-10-12(11-26)31-17-7-8-23-9-13(17)22)3-2-4-15(19)27(21(25)30)16-5-6-18(28)24-20(16)29/h2-4,12-13,16-17,23H,5-11H2,1H3,(H,24,28,29)/t13-,16?,17+/m0/s1. The number of halogens is 1. The summed E-state index contributed by atoms with van der Waals surface area (Å²) in [5, 5.41) is 5.36. The highest BCUT2D eigenvalue weighted by atomic mass is 19.1. The van der Waals surface area contributed by atoms with Gasteiger partial charge in [-0.15, -0.1) is 0 Å². The lowest BCUT2D eigenvalue weighted by Crippen LogP contribution is -2.56. The van der Waals surface area contributed by atoms with Crippen LogP contribution < -0.4 is 21.2 Å². The molecule has 1 unspecified atom stereocenters. The molecule has 3 atom stereocenters. The molecule has 2 aromatic rings. The number of hydrogen-bond acceptors (Lipinski definition) is 6. The van der Waals surface area contributed by atoms with Crippen molar-refractivity contribution in [2.75, 3.05) is 31.1 Å². The van der Waals surface area contributed by atoms with Crippen molar-refractivity contribution < 1.29 is 18.7 Å². The van der Waals surface area contributed by atoms with Gasteiger partial charge in [-0.25, -0.2) is 9.18 Å². The zero-order valence-corrected chi connectivity index (χ0v) is 17.3. The average Bonchev–Trinajstić information content (AvgIpc) is 2.97. The van der Waals surface area contributed by atoms with Gasteiger partial charge in [0.15, 0.2) is 0 Å². The third kappa shape index (κ3) is 3.43. The predicted molar refractivity (Wildman–Crippen MR) is 112 cm³/mol. The number of fused-ring (bicyclic) bond motifs is 1. The Morgan fingerprint density at radius 1 is 1.16 bits per heavy atom. The molecule has 0 saturated carbocycles. The smallest absolute Gasteiger partial charge is 0.329 e. The first kappa shape index (κ1) is 20.2. The van der Waals surface area contributed by atoms with Gasteiger partial charge >= 0.3 is 5.69 Å². The fourth-order valence-electron chi connectivity index (χ4n) is 4.82. The molecule has 3 aliphatic heterocycles. The van der Waals surface area contributed by atoms with E-state index in [0.29, 0.717) is 38.0 Å². The second kappa shape index (κ2) is 7.76. The molecule has 1 aromatic heterocycles. The van der Waals surface area contributed by atoms with Gasteiger partial charge in [-0.05, 0) is 31.5 Å². The Morgan fingerprint density at radius 2 is 1.97 bits per heavy atom. The summed E-state index contributed by atoms with van der Waals surface area (Å²) in [5.74, 6) is -0.762. The number of nitrogens with zero attached hydrogens (tertiary/aromatic N) is 3. The third-order valence-electron chi connectivity index (χ3n) is 6.51. The van der Waals surface area contributed by atoms with Crippen molar-refractivity contribution in [3.63, 3.8) is 0 Å². The molecular weight excluding hydrogens is 405 g/mol. The Morgan fingerprint density at radius 3 is 2.71 bits per heavy atom. The molecule has 0 aliphatic carbocycles. The van der Waals surface area contributed by atoms with Crippen LogP contribution in [0.25, 0.3) is 11.0 Å². The van der Waals surface area contributed by atoms with Crippen molar-refractivity contribution in [3.05, 3.63) is 28.7 Å². The van der Waals surface area contributed by atoms with E-state index in [4.69, 9.17) is 4.74 Å². The third-order valence-corrected chi connectivity index (χ3v) is 6.51. The number of benzene rings is 1. The number of alkyl halides is 1. The number of ether oxygens (including phenoxy) is 1. The summed E-state index contributed by atoms with van der Waals surface area (Å²) in [5.41, 5.74) is 1.98. The van der Waals surface area contributed by atoms with Crippen LogP contribution in [-0.2, 0) is 21.4 Å². The number of imide groups is 1. The van der Waals surface area contributed by atoms with Crippen molar-refractivity contribution in [2.45, 2.75) is 43.7 Å². The zero-order valence-electron chi connectivity index (χ0n) is 17.3. The van der Waals surface area contributed by atoms with Crippen LogP contribution in [0.5, 0.6) is 0 Å². The molecule has 4 heterocycles. The molecule has 2 amide bonds. The highest BCUT2D eigenvalue weighted by molar-refractivity contribution is 6.00. The molecule has 3 aliphatic rings. The molecule has 3 fully saturated rings. The minimum Gasteiger partial charge on any atom is -0.368 e. The van der Waals surface area contributed by atoms with Crippen LogP contribution >= 0.6 is 0 Å². The zero-order chi connectivity index (χ0) is 21.7. The monoisotopic (exact) mass is 431 g/mol. The molecule has 5 rings (SSSR count). The molecule has 2 N–H and O–H groups in total. The van der Waals surface area contributed by atoms with Crippen molar-refractivity contribution in [1.82, 2.24) is 19.8 Å². The van der Waals surface area contributed by atoms with E-state index in [0.717, 1.165) is 17.7 Å². The maximum atomic E-state index is 14.0. The maximum Gasteiger partial charge on any atom is 0.329 e. The summed E-state index contributed by atoms with van der Waals surface area (Å²) in [7, 11) is 1.69. The SMILES string of the molecule is Cn1c(=O)n(C2CCC(=O)NC2=O)c2cccc(N3CC(O[C@@H]4CCNC[C@@H]4F)C3)c21. The fraction of sp³-hybridized carbons (Fsp3) is 0.571. The number of nitrogens with one attached hydrogen (secondary N) is 2. The van der Waals surface area contributed by atoms with E-state index in [9.17, 15) is 18.8 Å². The number of anilines is 1. The van der Waals surface area contributed by atoms with Crippen LogP contribution in [0.2, 0.25) is 0 Å². The first-order valence-corrected chi connectivity index (χ1v) is 10.7. The topological polar surface area (TPSA) is 97.6 Å². The molecule has 31 heavy (non-hydrogen) atoms. The van der Waals surface area contributed by atoms with E-state index in [1.165, 1.54) is 4.57 Å². The number of rotatable bonds is 4. The molecule has 3 saturated heterocycles. The molecule has 0 bridgehead atoms. The normalized spacial score (nSPS) is 27.4. The average molecular weight is 431 g/mol.